The summed E-state index contributed by atoms with van der Waals surface area (Å²) in [5, 5.41) is 14.9. The molecule has 1 aromatic carbocycles. The molecule has 5 nitrogen and oxygen atoms in total. The van der Waals surface area contributed by atoms with Crippen LogP contribution in [0.3, 0.4) is 0 Å². The smallest absolute Gasteiger partial charge is 0.387 e. The van der Waals surface area contributed by atoms with Gasteiger partial charge in [-0.3, -0.25) is 4.79 Å². The minimum absolute atomic E-state index is 0. The highest BCUT2D eigenvalue weighted by Gasteiger charge is 2.27. The lowest BCUT2D eigenvalue weighted by Gasteiger charge is -2.14. The monoisotopic (exact) mass is 400 g/mol. The quantitative estimate of drug-likeness (QED) is 0.704. The Labute approximate surface area is 141 Å². The fourth-order valence-corrected chi connectivity index (χ4v) is 2.53. The maximum Gasteiger partial charge on any atom is 0.387 e. The number of benzene rings is 1. The first kappa shape index (κ1) is 19.1. The molecule has 0 saturated carbocycles. The van der Waals surface area contributed by atoms with E-state index < -0.39 is 18.8 Å². The van der Waals surface area contributed by atoms with Gasteiger partial charge in [0.1, 0.15) is 5.75 Å². The van der Waals surface area contributed by atoms with E-state index in [4.69, 9.17) is 0 Å². The van der Waals surface area contributed by atoms with Gasteiger partial charge in [0.25, 0.3) is 0 Å². The van der Waals surface area contributed by atoms with Crippen molar-refractivity contribution in [1.29, 1.82) is 0 Å². The van der Waals surface area contributed by atoms with E-state index in [-0.39, 0.29) is 30.6 Å². The summed E-state index contributed by atoms with van der Waals surface area (Å²) in [7, 11) is 0. The minimum Gasteiger partial charge on any atom is -0.434 e. The molecule has 0 aromatic heterocycles. The second-order valence-corrected chi connectivity index (χ2v) is 5.61. The first-order valence-corrected chi connectivity index (χ1v) is 7.17. The molecule has 1 aromatic rings. The largest absolute Gasteiger partial charge is 0.434 e. The van der Waals surface area contributed by atoms with E-state index in [0.717, 1.165) is 0 Å². The number of halogens is 4. The van der Waals surface area contributed by atoms with Crippen molar-refractivity contribution in [3.8, 4) is 5.75 Å². The Kier molecular flexibility index (Phi) is 7.47. The zero-order valence-corrected chi connectivity index (χ0v) is 13.8. The molecule has 3 N–H and O–H groups in total. The maximum absolute atomic E-state index is 12.3. The summed E-state index contributed by atoms with van der Waals surface area (Å²) in [4.78, 5) is 11.9. The van der Waals surface area contributed by atoms with Gasteiger partial charge >= 0.3 is 6.61 Å². The van der Waals surface area contributed by atoms with E-state index in [1.807, 2.05) is 0 Å². The highest BCUT2D eigenvalue weighted by Crippen LogP contribution is 2.24. The van der Waals surface area contributed by atoms with Gasteiger partial charge in [0.15, 0.2) is 0 Å². The number of aliphatic hydroxyl groups excluding tert-OH is 1. The lowest BCUT2D eigenvalue weighted by molar-refractivity contribution is -0.123. The summed E-state index contributed by atoms with van der Waals surface area (Å²) in [6.07, 6.45) is -0.200. The van der Waals surface area contributed by atoms with Crippen LogP contribution in [0.2, 0.25) is 0 Å². The lowest BCUT2D eigenvalue weighted by atomic mass is 10.1. The molecule has 1 heterocycles. The van der Waals surface area contributed by atoms with Crippen LogP contribution in [0.15, 0.2) is 22.7 Å². The summed E-state index contributed by atoms with van der Waals surface area (Å²) in [5.74, 6) is -0.262. The van der Waals surface area contributed by atoms with E-state index in [9.17, 15) is 18.7 Å². The average molecular weight is 402 g/mol. The molecule has 1 fully saturated rings. The number of alkyl halides is 2. The Bertz CT molecular complexity index is 522. The van der Waals surface area contributed by atoms with E-state index in [1.54, 1.807) is 12.1 Å². The molecule has 2 atom stereocenters. The Morgan fingerprint density at radius 1 is 1.55 bits per heavy atom. The van der Waals surface area contributed by atoms with Gasteiger partial charge in [-0.25, -0.2) is 0 Å². The second-order valence-electron chi connectivity index (χ2n) is 4.70. The second kappa shape index (κ2) is 8.61. The maximum atomic E-state index is 12.3. The molecule has 1 amide bonds. The summed E-state index contributed by atoms with van der Waals surface area (Å²) >= 11 is 3.24. The number of hydrogen-bond acceptors (Lipinski definition) is 4. The normalized spacial score (nSPS) is 20.6. The van der Waals surface area contributed by atoms with Gasteiger partial charge in [-0.15, -0.1) is 12.4 Å². The fourth-order valence-electron chi connectivity index (χ4n) is 2.12. The van der Waals surface area contributed by atoms with Crippen LogP contribution in [0.5, 0.6) is 5.75 Å². The van der Waals surface area contributed by atoms with Crippen molar-refractivity contribution >= 4 is 34.2 Å². The van der Waals surface area contributed by atoms with Gasteiger partial charge in [-0.2, -0.15) is 8.78 Å². The van der Waals surface area contributed by atoms with Crippen molar-refractivity contribution in [3.05, 3.63) is 28.2 Å². The predicted octanol–water partition coefficient (Wildman–Crippen LogP) is 1.81. The van der Waals surface area contributed by atoms with E-state index in [1.165, 1.54) is 6.07 Å². The SMILES string of the molecule is Cl.O=C(NCc1cc(Br)ccc1OC(F)F)C1CC(O)CN1. The van der Waals surface area contributed by atoms with Crippen LogP contribution in [0.4, 0.5) is 8.78 Å². The topological polar surface area (TPSA) is 70.6 Å². The molecule has 124 valence electrons. The molecule has 22 heavy (non-hydrogen) atoms. The number of β-amino-alcohol motifs (C(OH)–C–C–N with tert-alkyl or cyclic N) is 1. The number of ether oxygens (including phenoxy) is 1. The van der Waals surface area contributed by atoms with Crippen molar-refractivity contribution in [2.75, 3.05) is 6.54 Å². The molecular weight excluding hydrogens is 386 g/mol. The lowest BCUT2D eigenvalue weighted by Crippen LogP contribution is -2.40. The van der Waals surface area contributed by atoms with Crippen molar-refractivity contribution < 1.29 is 23.4 Å². The van der Waals surface area contributed by atoms with Crippen molar-refractivity contribution in [3.63, 3.8) is 0 Å². The van der Waals surface area contributed by atoms with E-state index >= 15 is 0 Å². The number of carbonyl (C=O) groups excluding carboxylic acids is 1. The molecule has 1 saturated heterocycles. The first-order valence-electron chi connectivity index (χ1n) is 6.38. The van der Waals surface area contributed by atoms with Gasteiger partial charge < -0.3 is 20.5 Å². The third-order valence-electron chi connectivity index (χ3n) is 3.12. The number of carbonyl (C=O) groups is 1. The summed E-state index contributed by atoms with van der Waals surface area (Å²) in [5.41, 5.74) is 0.441. The molecule has 0 spiro atoms. The van der Waals surface area contributed by atoms with E-state index in [0.29, 0.717) is 23.0 Å². The molecule has 2 rings (SSSR count). The average Bonchev–Trinajstić information content (AvgIpc) is 2.85. The molecule has 2 unspecified atom stereocenters. The highest BCUT2D eigenvalue weighted by atomic mass is 79.9. The molecule has 9 heteroatoms. The third-order valence-corrected chi connectivity index (χ3v) is 3.61. The number of nitrogens with one attached hydrogen (secondary N) is 2. The molecule has 1 aliphatic rings. The Morgan fingerprint density at radius 2 is 2.27 bits per heavy atom. The van der Waals surface area contributed by atoms with Crippen LogP contribution in [0.25, 0.3) is 0 Å². The standard InChI is InChI=1S/C13H15BrF2N2O3.ClH/c14-8-1-2-11(21-13(15)16)7(3-8)5-18-12(20)10-4-9(19)6-17-10;/h1-3,9-10,13,17,19H,4-6H2,(H,18,20);1H. The third kappa shape index (κ3) is 5.35. The van der Waals surface area contributed by atoms with Crippen LogP contribution in [-0.4, -0.2) is 36.3 Å². The molecular formula is C13H16BrClF2N2O3. The van der Waals surface area contributed by atoms with Crippen molar-refractivity contribution in [2.24, 2.45) is 0 Å². The van der Waals surface area contributed by atoms with Gasteiger partial charge in [0.05, 0.1) is 12.1 Å². The van der Waals surface area contributed by atoms with Gasteiger partial charge in [-0.05, 0) is 24.6 Å². The summed E-state index contributed by atoms with van der Waals surface area (Å²) in [6.45, 7) is -2.49. The predicted molar refractivity (Wildman–Crippen MR) is 82.3 cm³/mol. The van der Waals surface area contributed by atoms with Gasteiger partial charge in [0, 0.05) is 23.1 Å². The number of hydrogen-bond donors (Lipinski definition) is 3. The summed E-state index contributed by atoms with van der Waals surface area (Å²) < 4.78 is 29.8. The van der Waals surface area contributed by atoms with Crippen LogP contribution in [0, 0.1) is 0 Å². The first-order chi connectivity index (χ1) is 9.95. The zero-order valence-electron chi connectivity index (χ0n) is 11.4. The van der Waals surface area contributed by atoms with Crippen LogP contribution in [-0.2, 0) is 11.3 Å². The number of rotatable bonds is 5. The molecule has 0 bridgehead atoms. The van der Waals surface area contributed by atoms with Gasteiger partial charge in [-0.1, -0.05) is 15.9 Å². The molecule has 0 radical (unpaired) electrons. The van der Waals surface area contributed by atoms with Gasteiger partial charge in [0.2, 0.25) is 5.91 Å². The van der Waals surface area contributed by atoms with Crippen LogP contribution >= 0.6 is 28.3 Å². The fraction of sp³-hybridized carbons (Fsp3) is 0.462. The number of aliphatic hydroxyl groups is 1. The molecule has 0 aliphatic carbocycles. The summed E-state index contributed by atoms with van der Waals surface area (Å²) in [6, 6.07) is 4.13. The minimum atomic E-state index is -2.92. The van der Waals surface area contributed by atoms with Crippen molar-refractivity contribution in [2.45, 2.75) is 31.7 Å². The van der Waals surface area contributed by atoms with Crippen LogP contribution < -0.4 is 15.4 Å². The Hall–Kier alpha value is -0.960. The highest BCUT2D eigenvalue weighted by molar-refractivity contribution is 9.10. The Morgan fingerprint density at radius 3 is 2.86 bits per heavy atom. The van der Waals surface area contributed by atoms with Crippen LogP contribution in [0.1, 0.15) is 12.0 Å². The zero-order chi connectivity index (χ0) is 15.4. The van der Waals surface area contributed by atoms with Crippen molar-refractivity contribution in [1.82, 2.24) is 10.6 Å². The van der Waals surface area contributed by atoms with E-state index in [2.05, 4.69) is 31.3 Å². The number of amides is 1. The molecule has 1 aliphatic heterocycles. The Balaban J connectivity index is 0.00000242.